The second-order valence-corrected chi connectivity index (χ2v) is 12.8. The molecule has 4 rings (SSSR count). The largest absolute Gasteiger partial charge is 0.505 e. The van der Waals surface area contributed by atoms with E-state index in [1.54, 1.807) is 0 Å². The SMILES string of the molecule is O=S(=O)(O)OCCS(=O)(=O)c1ccc(N=Nc2c(S(=O)(=O)O)cc3cc(Nc4cc(F)nc(F)n4)ccc3c2O)cc1. The number of halogens is 2. The van der Waals surface area contributed by atoms with Crippen molar-refractivity contribution in [1.82, 2.24) is 9.97 Å². The van der Waals surface area contributed by atoms with Gasteiger partial charge in [-0.25, -0.2) is 12.6 Å². The van der Waals surface area contributed by atoms with Gasteiger partial charge in [0.05, 0.1) is 22.9 Å². The van der Waals surface area contributed by atoms with E-state index in [0.29, 0.717) is 0 Å². The molecule has 0 saturated carbocycles. The van der Waals surface area contributed by atoms with Crippen molar-refractivity contribution in [2.75, 3.05) is 17.7 Å². The van der Waals surface area contributed by atoms with Crippen molar-refractivity contribution >= 4 is 64.0 Å². The fourth-order valence-electron chi connectivity index (χ4n) is 3.52. The zero-order valence-corrected chi connectivity index (χ0v) is 23.0. The maximum Gasteiger partial charge on any atom is 0.397 e. The molecule has 0 aliphatic rings. The van der Waals surface area contributed by atoms with Crippen molar-refractivity contribution in [3.63, 3.8) is 0 Å². The van der Waals surface area contributed by atoms with Gasteiger partial charge in [0.15, 0.2) is 15.6 Å². The monoisotopic (exact) mass is 645 g/mol. The molecule has 1 heterocycles. The Kier molecular flexibility index (Phi) is 8.48. The van der Waals surface area contributed by atoms with Gasteiger partial charge in [0.2, 0.25) is 5.95 Å². The highest BCUT2D eigenvalue weighted by Gasteiger charge is 2.22. The summed E-state index contributed by atoms with van der Waals surface area (Å²) < 4.78 is 119. The predicted octanol–water partition coefficient (Wildman–Crippen LogP) is 3.61. The van der Waals surface area contributed by atoms with Crippen molar-refractivity contribution in [3.05, 3.63) is 66.6 Å². The second-order valence-electron chi connectivity index (χ2n) is 8.22. The zero-order chi connectivity index (χ0) is 30.9. The van der Waals surface area contributed by atoms with E-state index < -0.39 is 71.1 Å². The normalized spacial score (nSPS) is 12.7. The van der Waals surface area contributed by atoms with E-state index in [1.165, 1.54) is 30.3 Å². The van der Waals surface area contributed by atoms with E-state index in [0.717, 1.165) is 24.3 Å². The van der Waals surface area contributed by atoms with Crippen LogP contribution in [-0.4, -0.2) is 61.8 Å². The molecule has 4 aromatic rings. The molecule has 0 unspecified atom stereocenters. The second kappa shape index (κ2) is 11.6. The number of phenolic OH excluding ortho intramolecular Hbond substituents is 1. The quantitative estimate of drug-likeness (QED) is 0.0836. The lowest BCUT2D eigenvalue weighted by molar-refractivity contribution is 0.284. The number of nitrogens with one attached hydrogen (secondary N) is 1. The molecule has 20 heteroatoms. The maximum absolute atomic E-state index is 13.4. The third-order valence-corrected chi connectivity index (χ3v) is 8.34. The molecule has 222 valence electrons. The first-order chi connectivity index (χ1) is 19.5. The summed E-state index contributed by atoms with van der Waals surface area (Å²) >= 11 is 0. The summed E-state index contributed by atoms with van der Waals surface area (Å²) in [5, 5.41) is 21.0. The minimum Gasteiger partial charge on any atom is -0.505 e. The van der Waals surface area contributed by atoms with Gasteiger partial charge in [-0.3, -0.25) is 9.11 Å². The first-order valence-electron chi connectivity index (χ1n) is 11.1. The Morgan fingerprint density at radius 3 is 2.19 bits per heavy atom. The van der Waals surface area contributed by atoms with Crippen LogP contribution in [0.2, 0.25) is 0 Å². The van der Waals surface area contributed by atoms with Crippen molar-refractivity contribution in [1.29, 1.82) is 0 Å². The van der Waals surface area contributed by atoms with Gasteiger partial charge in [0.1, 0.15) is 16.4 Å². The van der Waals surface area contributed by atoms with Gasteiger partial charge in [0.25, 0.3) is 10.1 Å². The number of hydrogen-bond donors (Lipinski definition) is 4. The van der Waals surface area contributed by atoms with Gasteiger partial charge >= 0.3 is 16.5 Å². The summed E-state index contributed by atoms with van der Waals surface area (Å²) in [6.45, 7) is -0.836. The van der Waals surface area contributed by atoms with Crippen LogP contribution in [0.4, 0.5) is 31.7 Å². The van der Waals surface area contributed by atoms with Crippen molar-refractivity contribution in [3.8, 4) is 5.75 Å². The van der Waals surface area contributed by atoms with Crippen molar-refractivity contribution in [2.24, 2.45) is 10.2 Å². The van der Waals surface area contributed by atoms with Crippen molar-refractivity contribution < 1.29 is 52.4 Å². The van der Waals surface area contributed by atoms with Gasteiger partial charge in [-0.1, -0.05) is 0 Å². The van der Waals surface area contributed by atoms with Crippen LogP contribution in [0.25, 0.3) is 10.8 Å². The number of aromatic nitrogens is 2. The van der Waals surface area contributed by atoms with Crippen LogP contribution in [0.5, 0.6) is 5.75 Å². The number of hydrogen-bond acceptors (Lipinski definition) is 13. The Balaban J connectivity index is 1.64. The van der Waals surface area contributed by atoms with Gasteiger partial charge in [-0.2, -0.15) is 40.7 Å². The van der Waals surface area contributed by atoms with Crippen LogP contribution >= 0.6 is 0 Å². The molecule has 0 aliphatic carbocycles. The summed E-state index contributed by atoms with van der Waals surface area (Å²) in [6.07, 6.45) is -1.33. The standard InChI is InChI=1S/C22H17F2N5O10S3/c23-18-11-19(27-22(24)26-18)25-14-3-6-16-12(9-14)10-17(41(33,34)35)20(21(16)30)29-28-13-1-4-15(5-2-13)40(31,32)8-7-39-42(36,37)38/h1-6,9-11,30H,7-8H2,(H,25,26,27)(H,33,34,35)(H,36,37,38). The molecule has 15 nitrogen and oxygen atoms in total. The van der Waals surface area contributed by atoms with Crippen LogP contribution in [0.15, 0.2) is 74.6 Å². The van der Waals surface area contributed by atoms with Crippen LogP contribution < -0.4 is 5.32 Å². The number of benzene rings is 3. The minimum absolute atomic E-state index is 0.00668. The first kappa shape index (κ1) is 30.7. The Hall–Kier alpha value is -4.21. The molecule has 0 radical (unpaired) electrons. The van der Waals surface area contributed by atoms with Crippen LogP contribution in [0, 0.1) is 12.0 Å². The molecular weight excluding hydrogens is 628 g/mol. The lowest BCUT2D eigenvalue weighted by atomic mass is 10.1. The lowest BCUT2D eigenvalue weighted by Gasteiger charge is -2.11. The number of fused-ring (bicyclic) bond motifs is 1. The summed E-state index contributed by atoms with van der Waals surface area (Å²) in [5.41, 5.74) is -0.479. The average Bonchev–Trinajstić information content (AvgIpc) is 2.86. The van der Waals surface area contributed by atoms with Crippen molar-refractivity contribution in [2.45, 2.75) is 9.79 Å². The number of phenols is 1. The Bertz CT molecular complexity index is 2020. The predicted molar refractivity (Wildman–Crippen MR) is 141 cm³/mol. The average molecular weight is 646 g/mol. The highest BCUT2D eigenvalue weighted by Crippen LogP contribution is 2.42. The molecule has 0 saturated heterocycles. The van der Waals surface area contributed by atoms with Gasteiger partial charge in [-0.05, 0) is 53.9 Å². The molecule has 4 N–H and O–H groups in total. The number of aromatic hydroxyl groups is 1. The van der Waals surface area contributed by atoms with E-state index in [2.05, 4.69) is 29.7 Å². The van der Waals surface area contributed by atoms with E-state index in [4.69, 9.17) is 4.55 Å². The summed E-state index contributed by atoms with van der Waals surface area (Å²) in [4.78, 5) is 5.15. The van der Waals surface area contributed by atoms with E-state index >= 15 is 0 Å². The number of anilines is 2. The van der Waals surface area contributed by atoms with E-state index in [-0.39, 0.29) is 32.9 Å². The lowest BCUT2D eigenvalue weighted by Crippen LogP contribution is -2.15. The molecule has 0 aliphatic heterocycles. The third kappa shape index (κ3) is 7.54. The summed E-state index contributed by atoms with van der Waals surface area (Å²) in [7, 11) is -13.8. The third-order valence-electron chi connectivity index (χ3n) is 5.31. The van der Waals surface area contributed by atoms with Crippen LogP contribution in [0.3, 0.4) is 0 Å². The Morgan fingerprint density at radius 1 is 0.881 bits per heavy atom. The molecular formula is C22H17F2N5O10S3. The highest BCUT2D eigenvalue weighted by atomic mass is 32.3. The van der Waals surface area contributed by atoms with Crippen LogP contribution in [0.1, 0.15) is 0 Å². The number of azo groups is 1. The molecule has 0 bridgehead atoms. The number of rotatable bonds is 10. The summed E-state index contributed by atoms with van der Waals surface area (Å²) in [5.74, 6) is -2.88. The van der Waals surface area contributed by atoms with Gasteiger partial charge in [-0.15, -0.1) is 5.11 Å². The number of nitrogens with zero attached hydrogens (tertiary/aromatic N) is 4. The minimum atomic E-state index is -4.99. The molecule has 0 atom stereocenters. The molecule has 0 amide bonds. The van der Waals surface area contributed by atoms with Crippen LogP contribution in [-0.2, 0) is 34.5 Å². The Labute approximate surface area is 236 Å². The highest BCUT2D eigenvalue weighted by molar-refractivity contribution is 7.91. The van der Waals surface area contributed by atoms with Gasteiger partial charge < -0.3 is 10.4 Å². The fraction of sp³-hybridized carbons (Fsp3) is 0.0909. The maximum atomic E-state index is 13.4. The molecule has 0 fully saturated rings. The topological polar surface area (TPSA) is 235 Å². The zero-order valence-electron chi connectivity index (χ0n) is 20.6. The molecule has 3 aromatic carbocycles. The Morgan fingerprint density at radius 2 is 1.57 bits per heavy atom. The number of sulfone groups is 1. The van der Waals surface area contributed by atoms with Gasteiger partial charge in [0, 0.05) is 17.1 Å². The molecule has 42 heavy (non-hydrogen) atoms. The fourth-order valence-corrected chi connectivity index (χ4v) is 5.67. The summed E-state index contributed by atoms with van der Waals surface area (Å²) in [6, 6.07) is 10.3. The smallest absolute Gasteiger partial charge is 0.397 e. The van der Waals surface area contributed by atoms with E-state index in [1.807, 2.05) is 0 Å². The molecule has 1 aromatic heterocycles. The first-order valence-corrected chi connectivity index (χ1v) is 15.6. The molecule has 0 spiro atoms. The van der Waals surface area contributed by atoms with E-state index in [9.17, 15) is 43.7 Å².